The molecule has 0 amide bonds. The highest BCUT2D eigenvalue weighted by molar-refractivity contribution is 7.86. The first kappa shape index (κ1) is 12.1. The highest BCUT2D eigenvalue weighted by Crippen LogP contribution is 2.08. The smallest absolute Gasteiger partial charge is 0.330 e. The first-order valence-electron chi connectivity index (χ1n) is 3.67. The molecule has 6 heteroatoms. The fraction of sp³-hybridized carbons (Fsp3) is 0.571. The van der Waals surface area contributed by atoms with Gasteiger partial charge in [-0.2, -0.15) is 8.42 Å². The molecule has 0 aromatic rings. The van der Waals surface area contributed by atoms with Crippen LogP contribution in [0.2, 0.25) is 0 Å². The summed E-state index contributed by atoms with van der Waals surface area (Å²) >= 11 is 0. The molecule has 0 aliphatic rings. The Morgan fingerprint density at radius 1 is 1.54 bits per heavy atom. The zero-order valence-corrected chi connectivity index (χ0v) is 8.21. The third kappa shape index (κ3) is 4.05. The normalized spacial score (nSPS) is 15.5. The molecule has 0 fully saturated rings. The van der Waals surface area contributed by atoms with Crippen molar-refractivity contribution in [3.8, 4) is 0 Å². The maximum absolute atomic E-state index is 10.6. The fourth-order valence-corrected chi connectivity index (χ4v) is 1.56. The Morgan fingerprint density at radius 3 is 2.23 bits per heavy atom. The molecule has 0 rings (SSSR count). The van der Waals surface area contributed by atoms with Crippen molar-refractivity contribution >= 4 is 16.1 Å². The number of rotatable bonds is 4. The largest absolute Gasteiger partial charge is 0.478 e. The third-order valence-corrected chi connectivity index (χ3v) is 2.79. The van der Waals surface area contributed by atoms with Gasteiger partial charge in [0.05, 0.1) is 0 Å². The van der Waals surface area contributed by atoms with Crippen molar-refractivity contribution < 1.29 is 22.9 Å². The average Bonchev–Trinajstić information content (AvgIpc) is 1.96. The maximum Gasteiger partial charge on any atom is 0.330 e. The number of carboxylic acid groups (broad SMARTS) is 1. The zero-order chi connectivity index (χ0) is 10.6. The van der Waals surface area contributed by atoms with E-state index in [1.807, 2.05) is 0 Å². The SMILES string of the molecule is CCC(/C=C(\C)C(=O)O)S(=O)(=O)O. The predicted molar refractivity (Wildman–Crippen MR) is 47.0 cm³/mol. The van der Waals surface area contributed by atoms with Crippen molar-refractivity contribution in [2.75, 3.05) is 0 Å². The minimum Gasteiger partial charge on any atom is -0.478 e. The lowest BCUT2D eigenvalue weighted by Crippen LogP contribution is -2.18. The van der Waals surface area contributed by atoms with E-state index in [1.54, 1.807) is 6.92 Å². The Bertz CT molecular complexity index is 314. The fourth-order valence-electron chi connectivity index (χ4n) is 0.765. The van der Waals surface area contributed by atoms with E-state index in [2.05, 4.69) is 0 Å². The van der Waals surface area contributed by atoms with Gasteiger partial charge in [-0.05, 0) is 13.3 Å². The zero-order valence-electron chi connectivity index (χ0n) is 7.39. The quantitative estimate of drug-likeness (QED) is 0.523. The van der Waals surface area contributed by atoms with Crippen LogP contribution in [0, 0.1) is 0 Å². The van der Waals surface area contributed by atoms with E-state index in [-0.39, 0.29) is 12.0 Å². The van der Waals surface area contributed by atoms with Crippen LogP contribution in [0.25, 0.3) is 0 Å². The number of carbonyl (C=O) groups is 1. The predicted octanol–water partition coefficient (Wildman–Crippen LogP) is 0.684. The molecule has 0 spiro atoms. The van der Waals surface area contributed by atoms with Gasteiger partial charge in [0.15, 0.2) is 0 Å². The van der Waals surface area contributed by atoms with Crippen LogP contribution in [-0.4, -0.2) is 29.3 Å². The number of hydrogen-bond donors (Lipinski definition) is 2. The molecule has 76 valence electrons. The molecule has 0 aromatic carbocycles. The third-order valence-electron chi connectivity index (χ3n) is 1.56. The second-order valence-corrected chi connectivity index (χ2v) is 4.25. The summed E-state index contributed by atoms with van der Waals surface area (Å²) in [5.74, 6) is -1.19. The molecular weight excluding hydrogens is 196 g/mol. The summed E-state index contributed by atoms with van der Waals surface area (Å²) in [6.45, 7) is 2.82. The van der Waals surface area contributed by atoms with Gasteiger partial charge in [0.25, 0.3) is 10.1 Å². The number of aliphatic carboxylic acids is 1. The molecule has 1 atom stereocenters. The summed E-state index contributed by atoms with van der Waals surface area (Å²) in [5.41, 5.74) is -0.0931. The summed E-state index contributed by atoms with van der Waals surface area (Å²) in [6, 6.07) is 0. The van der Waals surface area contributed by atoms with E-state index in [1.165, 1.54) is 6.92 Å². The van der Waals surface area contributed by atoms with Crippen LogP contribution < -0.4 is 0 Å². The van der Waals surface area contributed by atoms with E-state index < -0.39 is 21.3 Å². The Kier molecular flexibility index (Phi) is 4.09. The first-order chi connectivity index (χ1) is 5.79. The van der Waals surface area contributed by atoms with Crippen LogP contribution in [0.5, 0.6) is 0 Å². The van der Waals surface area contributed by atoms with E-state index in [9.17, 15) is 13.2 Å². The molecule has 0 saturated heterocycles. The monoisotopic (exact) mass is 208 g/mol. The van der Waals surface area contributed by atoms with Crippen molar-refractivity contribution in [2.24, 2.45) is 0 Å². The molecule has 0 aliphatic carbocycles. The molecule has 0 bridgehead atoms. The topological polar surface area (TPSA) is 91.7 Å². The van der Waals surface area contributed by atoms with Crippen molar-refractivity contribution in [1.82, 2.24) is 0 Å². The summed E-state index contributed by atoms with van der Waals surface area (Å²) in [7, 11) is -4.18. The van der Waals surface area contributed by atoms with E-state index in [0.717, 1.165) is 6.08 Å². The van der Waals surface area contributed by atoms with E-state index in [0.29, 0.717) is 0 Å². The Hall–Kier alpha value is -0.880. The molecule has 0 saturated carbocycles. The van der Waals surface area contributed by atoms with Crippen molar-refractivity contribution in [1.29, 1.82) is 0 Å². The van der Waals surface area contributed by atoms with Gasteiger partial charge in [0, 0.05) is 5.57 Å². The molecular formula is C7H12O5S. The van der Waals surface area contributed by atoms with Gasteiger partial charge >= 0.3 is 5.97 Å². The Morgan fingerprint density at radius 2 is 2.00 bits per heavy atom. The lowest BCUT2D eigenvalue weighted by molar-refractivity contribution is -0.132. The standard InChI is InChI=1S/C7H12O5S/c1-3-6(13(10,11)12)4-5(2)7(8)9/h4,6H,3H2,1-2H3,(H,8,9)(H,10,11,12)/b5-4+. The molecule has 1 unspecified atom stereocenters. The lowest BCUT2D eigenvalue weighted by atomic mass is 10.2. The van der Waals surface area contributed by atoms with Gasteiger partial charge in [0.2, 0.25) is 0 Å². The lowest BCUT2D eigenvalue weighted by Gasteiger charge is -2.05. The van der Waals surface area contributed by atoms with Crippen LogP contribution >= 0.6 is 0 Å². The van der Waals surface area contributed by atoms with Crippen LogP contribution in [-0.2, 0) is 14.9 Å². The molecule has 0 heterocycles. The van der Waals surface area contributed by atoms with Crippen molar-refractivity contribution in [3.63, 3.8) is 0 Å². The van der Waals surface area contributed by atoms with Crippen LogP contribution in [0.1, 0.15) is 20.3 Å². The maximum atomic E-state index is 10.6. The van der Waals surface area contributed by atoms with Gasteiger partial charge in [-0.3, -0.25) is 4.55 Å². The number of carboxylic acids is 1. The van der Waals surface area contributed by atoms with Gasteiger partial charge in [-0.15, -0.1) is 0 Å². The second kappa shape index (κ2) is 4.38. The molecule has 13 heavy (non-hydrogen) atoms. The average molecular weight is 208 g/mol. The molecule has 0 aromatic heterocycles. The summed E-state index contributed by atoms with van der Waals surface area (Å²) < 4.78 is 29.9. The molecule has 2 N–H and O–H groups in total. The van der Waals surface area contributed by atoms with Crippen LogP contribution in [0.3, 0.4) is 0 Å². The molecule has 0 aliphatic heterocycles. The van der Waals surface area contributed by atoms with Crippen LogP contribution in [0.15, 0.2) is 11.6 Å². The Balaban J connectivity index is 4.85. The van der Waals surface area contributed by atoms with Gasteiger partial charge in [-0.1, -0.05) is 13.0 Å². The highest BCUT2D eigenvalue weighted by Gasteiger charge is 2.19. The van der Waals surface area contributed by atoms with Crippen molar-refractivity contribution in [3.05, 3.63) is 11.6 Å². The first-order valence-corrected chi connectivity index (χ1v) is 5.17. The second-order valence-electron chi connectivity index (χ2n) is 2.62. The summed E-state index contributed by atoms with van der Waals surface area (Å²) in [5, 5.41) is 7.31. The van der Waals surface area contributed by atoms with Gasteiger partial charge < -0.3 is 5.11 Å². The minimum absolute atomic E-state index is 0.0931. The van der Waals surface area contributed by atoms with E-state index in [4.69, 9.17) is 9.66 Å². The van der Waals surface area contributed by atoms with Crippen molar-refractivity contribution in [2.45, 2.75) is 25.5 Å². The summed E-state index contributed by atoms with van der Waals surface area (Å²) in [6.07, 6.45) is 1.17. The molecule has 0 radical (unpaired) electrons. The minimum atomic E-state index is -4.18. The highest BCUT2D eigenvalue weighted by atomic mass is 32.2. The summed E-state index contributed by atoms with van der Waals surface area (Å²) in [4.78, 5) is 10.3. The van der Waals surface area contributed by atoms with E-state index >= 15 is 0 Å². The number of hydrogen-bond acceptors (Lipinski definition) is 3. The van der Waals surface area contributed by atoms with Crippen LogP contribution in [0.4, 0.5) is 0 Å². The molecule has 5 nitrogen and oxygen atoms in total. The Labute approximate surface area is 76.8 Å². The van der Waals surface area contributed by atoms with Gasteiger partial charge in [0.1, 0.15) is 5.25 Å². The van der Waals surface area contributed by atoms with Gasteiger partial charge in [-0.25, -0.2) is 4.79 Å².